The van der Waals surface area contributed by atoms with Crippen molar-refractivity contribution < 1.29 is 13.2 Å². The molecular formula is C16H13F3. The second-order valence-electron chi connectivity index (χ2n) is 4.17. The van der Waals surface area contributed by atoms with Crippen molar-refractivity contribution in [2.75, 3.05) is 0 Å². The molecule has 0 unspecified atom stereocenters. The minimum atomic E-state index is -4.19. The summed E-state index contributed by atoms with van der Waals surface area (Å²) >= 11 is 0. The second-order valence-corrected chi connectivity index (χ2v) is 4.17. The van der Waals surface area contributed by atoms with E-state index in [1.54, 1.807) is 0 Å². The Labute approximate surface area is 110 Å². The molecule has 0 heterocycles. The van der Waals surface area contributed by atoms with Crippen LogP contribution in [-0.4, -0.2) is 6.18 Å². The van der Waals surface area contributed by atoms with Gasteiger partial charge in [0.05, 0.1) is 6.42 Å². The van der Waals surface area contributed by atoms with Crippen LogP contribution in [0.25, 0.3) is 5.57 Å². The number of rotatable bonds is 3. The average Bonchev–Trinajstić information content (AvgIpc) is 2.40. The third kappa shape index (κ3) is 3.98. The Morgan fingerprint density at radius 3 is 1.58 bits per heavy atom. The molecule has 98 valence electrons. The van der Waals surface area contributed by atoms with Crippen LogP contribution < -0.4 is 0 Å². The summed E-state index contributed by atoms with van der Waals surface area (Å²) in [6, 6.07) is 18.2. The molecule has 2 aromatic carbocycles. The van der Waals surface area contributed by atoms with Gasteiger partial charge >= 0.3 is 6.18 Å². The number of hydrogen-bond acceptors (Lipinski definition) is 0. The lowest BCUT2D eigenvalue weighted by molar-refractivity contribution is -0.124. The first kappa shape index (κ1) is 13.4. The zero-order valence-corrected chi connectivity index (χ0v) is 10.2. The summed E-state index contributed by atoms with van der Waals surface area (Å²) in [5.41, 5.74) is 2.19. The summed E-state index contributed by atoms with van der Waals surface area (Å²) in [7, 11) is 0. The zero-order chi connectivity index (χ0) is 13.7. The Morgan fingerprint density at radius 2 is 1.21 bits per heavy atom. The van der Waals surface area contributed by atoms with E-state index in [1.807, 2.05) is 60.7 Å². The third-order valence-corrected chi connectivity index (χ3v) is 2.71. The van der Waals surface area contributed by atoms with Gasteiger partial charge in [0.15, 0.2) is 0 Å². The van der Waals surface area contributed by atoms with Crippen molar-refractivity contribution in [3.05, 3.63) is 77.9 Å². The Balaban J connectivity index is 2.40. The largest absolute Gasteiger partial charge is 0.392 e. The zero-order valence-electron chi connectivity index (χ0n) is 10.2. The van der Waals surface area contributed by atoms with E-state index in [2.05, 4.69) is 0 Å². The molecular weight excluding hydrogens is 249 g/mol. The van der Waals surface area contributed by atoms with Crippen LogP contribution >= 0.6 is 0 Å². The maximum Gasteiger partial charge on any atom is 0.392 e. The number of allylic oxidation sites excluding steroid dienone is 1. The minimum absolute atomic E-state index is 0.610. The topological polar surface area (TPSA) is 0 Å². The highest BCUT2D eigenvalue weighted by Gasteiger charge is 2.25. The smallest absolute Gasteiger partial charge is 0.171 e. The van der Waals surface area contributed by atoms with E-state index in [0.29, 0.717) is 5.57 Å². The molecule has 0 nitrogen and oxygen atoms in total. The molecule has 0 N–H and O–H groups in total. The van der Waals surface area contributed by atoms with Gasteiger partial charge in [0.25, 0.3) is 0 Å². The highest BCUT2D eigenvalue weighted by molar-refractivity contribution is 5.79. The van der Waals surface area contributed by atoms with Crippen molar-refractivity contribution in [3.8, 4) is 0 Å². The Bertz CT molecular complexity index is 498. The molecule has 0 fully saturated rings. The van der Waals surface area contributed by atoms with E-state index in [9.17, 15) is 13.2 Å². The highest BCUT2D eigenvalue weighted by atomic mass is 19.4. The molecule has 0 bridgehead atoms. The summed E-state index contributed by atoms with van der Waals surface area (Å²) in [6.45, 7) is 0. The number of hydrogen-bond donors (Lipinski definition) is 0. The number of benzene rings is 2. The lowest BCUT2D eigenvalue weighted by atomic mass is 9.97. The summed E-state index contributed by atoms with van der Waals surface area (Å²) in [6.07, 6.45) is -3.87. The van der Waals surface area contributed by atoms with E-state index in [-0.39, 0.29) is 0 Å². The van der Waals surface area contributed by atoms with Crippen molar-refractivity contribution in [2.45, 2.75) is 12.6 Å². The van der Waals surface area contributed by atoms with Crippen LogP contribution in [0.4, 0.5) is 13.2 Å². The van der Waals surface area contributed by atoms with Crippen LogP contribution in [0.1, 0.15) is 17.5 Å². The quantitative estimate of drug-likeness (QED) is 0.724. The predicted octanol–water partition coefficient (Wildman–Crippen LogP) is 5.07. The first-order valence-corrected chi connectivity index (χ1v) is 5.94. The fraction of sp³-hybridized carbons (Fsp3) is 0.125. The van der Waals surface area contributed by atoms with Gasteiger partial charge < -0.3 is 0 Å². The van der Waals surface area contributed by atoms with Gasteiger partial charge in [-0.15, -0.1) is 0 Å². The fourth-order valence-electron chi connectivity index (χ4n) is 1.86. The molecule has 2 rings (SSSR count). The Hall–Kier alpha value is -2.03. The number of alkyl halides is 3. The van der Waals surface area contributed by atoms with Gasteiger partial charge in [0, 0.05) is 0 Å². The second kappa shape index (κ2) is 5.74. The van der Waals surface area contributed by atoms with Crippen LogP contribution in [0, 0.1) is 0 Å². The van der Waals surface area contributed by atoms with Crippen LogP contribution in [0.2, 0.25) is 0 Å². The molecule has 0 saturated carbocycles. The molecule has 0 atom stereocenters. The van der Waals surface area contributed by atoms with Crippen molar-refractivity contribution in [1.29, 1.82) is 0 Å². The molecule has 2 aromatic rings. The van der Waals surface area contributed by atoms with Crippen molar-refractivity contribution in [1.82, 2.24) is 0 Å². The summed E-state index contributed by atoms with van der Waals surface area (Å²) in [5, 5.41) is 0. The SMILES string of the molecule is FC(F)(F)CC=C(c1ccccc1)c1ccccc1. The van der Waals surface area contributed by atoms with Crippen molar-refractivity contribution in [3.63, 3.8) is 0 Å². The van der Waals surface area contributed by atoms with E-state index in [1.165, 1.54) is 6.08 Å². The van der Waals surface area contributed by atoms with E-state index < -0.39 is 12.6 Å². The van der Waals surface area contributed by atoms with Crippen LogP contribution in [0.5, 0.6) is 0 Å². The van der Waals surface area contributed by atoms with Gasteiger partial charge in [0.1, 0.15) is 0 Å². The van der Waals surface area contributed by atoms with Gasteiger partial charge in [-0.1, -0.05) is 66.7 Å². The van der Waals surface area contributed by atoms with Gasteiger partial charge in [-0.05, 0) is 16.7 Å². The van der Waals surface area contributed by atoms with Crippen molar-refractivity contribution in [2.24, 2.45) is 0 Å². The van der Waals surface area contributed by atoms with Crippen LogP contribution in [-0.2, 0) is 0 Å². The lowest BCUT2D eigenvalue weighted by Crippen LogP contribution is -2.05. The summed E-state index contributed by atoms with van der Waals surface area (Å²) < 4.78 is 37.2. The molecule has 3 heteroatoms. The van der Waals surface area contributed by atoms with Gasteiger partial charge in [-0.3, -0.25) is 0 Å². The third-order valence-electron chi connectivity index (χ3n) is 2.71. The monoisotopic (exact) mass is 262 g/mol. The molecule has 0 spiro atoms. The fourth-order valence-corrected chi connectivity index (χ4v) is 1.86. The van der Waals surface area contributed by atoms with Gasteiger partial charge in [-0.25, -0.2) is 0 Å². The van der Waals surface area contributed by atoms with Crippen molar-refractivity contribution >= 4 is 5.57 Å². The standard InChI is InChI=1S/C16H13F3/c17-16(18,19)12-11-15(13-7-3-1-4-8-13)14-9-5-2-6-10-14/h1-11H,12H2. The van der Waals surface area contributed by atoms with E-state index in [4.69, 9.17) is 0 Å². The maximum absolute atomic E-state index is 12.4. The van der Waals surface area contributed by atoms with Gasteiger partial charge in [-0.2, -0.15) is 13.2 Å². The molecule has 0 aliphatic rings. The highest BCUT2D eigenvalue weighted by Crippen LogP contribution is 2.27. The molecule has 0 amide bonds. The van der Waals surface area contributed by atoms with Crippen LogP contribution in [0.15, 0.2) is 66.7 Å². The molecule has 19 heavy (non-hydrogen) atoms. The maximum atomic E-state index is 12.4. The first-order valence-electron chi connectivity index (χ1n) is 5.94. The Morgan fingerprint density at radius 1 is 0.789 bits per heavy atom. The number of halogens is 3. The molecule has 0 aromatic heterocycles. The normalized spacial score (nSPS) is 11.1. The lowest BCUT2D eigenvalue weighted by Gasteiger charge is -2.10. The first-order chi connectivity index (χ1) is 9.06. The molecule has 0 aliphatic carbocycles. The summed E-state index contributed by atoms with van der Waals surface area (Å²) in [5.74, 6) is 0. The molecule has 0 radical (unpaired) electrons. The van der Waals surface area contributed by atoms with Crippen LogP contribution in [0.3, 0.4) is 0 Å². The Kier molecular flexibility index (Phi) is 4.05. The summed E-state index contributed by atoms with van der Waals surface area (Å²) in [4.78, 5) is 0. The van der Waals surface area contributed by atoms with E-state index >= 15 is 0 Å². The average molecular weight is 262 g/mol. The minimum Gasteiger partial charge on any atom is -0.171 e. The van der Waals surface area contributed by atoms with Gasteiger partial charge in [0.2, 0.25) is 0 Å². The van der Waals surface area contributed by atoms with E-state index in [0.717, 1.165) is 11.1 Å². The predicted molar refractivity (Wildman–Crippen MR) is 70.6 cm³/mol. The molecule has 0 aliphatic heterocycles. The molecule has 0 saturated heterocycles.